The molecule has 0 N–H and O–H groups in total. The van der Waals surface area contributed by atoms with E-state index in [4.69, 9.17) is 39.7 Å². The molecular weight excluding hydrogens is 338 g/mol. The van der Waals surface area contributed by atoms with Crippen LogP contribution in [0.25, 0.3) is 0 Å². The Bertz CT molecular complexity index is 297. The fourth-order valence-corrected chi connectivity index (χ4v) is 4.80. The number of rotatable bonds is 14. The number of hydrogen-bond acceptors (Lipinski definition) is 7. The van der Waals surface area contributed by atoms with Crippen molar-refractivity contribution in [1.29, 1.82) is 0 Å². The molecule has 0 fully saturated rings. The molecule has 0 radical (unpaired) electrons. The van der Waals surface area contributed by atoms with Crippen LogP contribution in [0.5, 0.6) is 0 Å². The molecule has 1 atom stereocenters. The summed E-state index contributed by atoms with van der Waals surface area (Å²) in [5, 5.41) is 0. The highest BCUT2D eigenvalue weighted by molar-refractivity contribution is 7.80. The Morgan fingerprint density at radius 3 is 1.48 bits per heavy atom. The van der Waals surface area contributed by atoms with Gasteiger partial charge < -0.3 is 32.4 Å². The zero-order valence-corrected chi connectivity index (χ0v) is 16.9. The van der Waals surface area contributed by atoms with Crippen molar-refractivity contribution in [3.05, 3.63) is 0 Å². The van der Waals surface area contributed by atoms with Crippen molar-refractivity contribution in [2.24, 2.45) is 0 Å². The summed E-state index contributed by atoms with van der Waals surface area (Å²) in [6.07, 6.45) is 0. The van der Waals surface area contributed by atoms with Crippen LogP contribution in [0.4, 0.5) is 0 Å². The quantitative estimate of drug-likeness (QED) is 0.256. The van der Waals surface area contributed by atoms with Gasteiger partial charge in [-0.2, -0.15) is 0 Å². The molecule has 0 aromatic heterocycles. The molecule has 0 bridgehead atoms. The molecule has 1 unspecified atom stereocenters. The largest absolute Gasteiger partial charge is 0.524 e. The van der Waals surface area contributed by atoms with Gasteiger partial charge in [0.15, 0.2) is 0 Å². The molecular formula is C14H31NO6SSi. The molecule has 0 rings (SSSR count). The van der Waals surface area contributed by atoms with Gasteiger partial charge >= 0.3 is 8.80 Å². The Morgan fingerprint density at radius 2 is 1.22 bits per heavy atom. The second kappa shape index (κ2) is 13.2. The molecule has 0 amide bonds. The van der Waals surface area contributed by atoms with Crippen LogP contribution < -0.4 is 0 Å². The van der Waals surface area contributed by atoms with Crippen molar-refractivity contribution in [2.45, 2.75) is 19.5 Å². The van der Waals surface area contributed by atoms with E-state index < -0.39 is 8.80 Å². The van der Waals surface area contributed by atoms with E-state index in [1.54, 1.807) is 21.3 Å². The van der Waals surface area contributed by atoms with E-state index in [9.17, 15) is 0 Å². The van der Waals surface area contributed by atoms with Crippen LogP contribution in [0.2, 0.25) is 0 Å². The molecule has 138 valence electrons. The first kappa shape index (κ1) is 22.9. The van der Waals surface area contributed by atoms with Gasteiger partial charge in [0, 0.05) is 28.4 Å². The van der Waals surface area contributed by atoms with E-state index in [0.29, 0.717) is 39.6 Å². The Balaban J connectivity index is 5.18. The molecule has 0 saturated heterocycles. The molecule has 23 heavy (non-hydrogen) atoms. The van der Waals surface area contributed by atoms with Crippen molar-refractivity contribution >= 4 is 26.0 Å². The summed E-state index contributed by atoms with van der Waals surface area (Å²) in [5.41, 5.74) is -0.134. The lowest BCUT2D eigenvalue weighted by atomic mass is 10.6. The lowest BCUT2D eigenvalue weighted by molar-refractivity contribution is 0.00233. The summed E-state index contributed by atoms with van der Waals surface area (Å²) in [4.78, 5) is 2.68. The maximum atomic E-state index is 6.05. The van der Waals surface area contributed by atoms with Gasteiger partial charge in [0.2, 0.25) is 0 Å². The average Bonchev–Trinajstić information content (AvgIpc) is 2.53. The van der Waals surface area contributed by atoms with Crippen LogP contribution in [-0.4, -0.2) is 92.4 Å². The Labute approximate surface area is 146 Å². The highest BCUT2D eigenvalue weighted by atomic mass is 32.1. The van der Waals surface area contributed by atoms with E-state index >= 15 is 0 Å². The molecule has 0 aliphatic carbocycles. The minimum atomic E-state index is -3.04. The number of thiocarbonyl (C=S) groups is 1. The fraction of sp³-hybridized carbons (Fsp3) is 0.929. The first-order chi connectivity index (χ1) is 10.9. The lowest BCUT2D eigenvalue weighted by Crippen LogP contribution is -2.62. The van der Waals surface area contributed by atoms with Crippen LogP contribution >= 0.6 is 12.2 Å². The SMILES string of the molecule is COCCO[Si](OCCOC)(OCCOC)C(C)N(C)C(C)=S. The Hall–Kier alpha value is -0.133. The predicted octanol–water partition coefficient (Wildman–Crippen LogP) is 1.12. The molecule has 9 heteroatoms. The summed E-state index contributed by atoms with van der Waals surface area (Å²) < 4.78 is 33.4. The first-order valence-electron chi connectivity index (χ1n) is 7.57. The number of ether oxygens (including phenoxy) is 3. The normalized spacial score (nSPS) is 13.1. The third-order valence-corrected chi connectivity index (χ3v) is 6.88. The summed E-state index contributed by atoms with van der Waals surface area (Å²) in [6.45, 7) is 6.40. The minimum absolute atomic E-state index is 0.134. The monoisotopic (exact) mass is 369 g/mol. The van der Waals surface area contributed by atoms with Gasteiger partial charge in [-0.1, -0.05) is 12.2 Å². The standard InChI is InChI=1S/C14H31NO6SSi/c1-13(22)15(3)14(2)23(19-10-7-16-4,20-11-8-17-5)21-12-9-18-6/h14H,7-12H2,1-6H3. The topological polar surface area (TPSA) is 58.6 Å². The maximum Gasteiger partial charge on any atom is 0.524 e. The van der Waals surface area contributed by atoms with E-state index in [1.165, 1.54) is 0 Å². The molecule has 0 aliphatic rings. The summed E-state index contributed by atoms with van der Waals surface area (Å²) in [5.74, 6) is 0. The maximum absolute atomic E-state index is 6.05. The van der Waals surface area contributed by atoms with Crippen LogP contribution in [0.15, 0.2) is 0 Å². The van der Waals surface area contributed by atoms with E-state index in [1.807, 2.05) is 25.8 Å². The van der Waals surface area contributed by atoms with Crippen LogP contribution in [0.3, 0.4) is 0 Å². The zero-order valence-electron chi connectivity index (χ0n) is 15.1. The zero-order chi connectivity index (χ0) is 17.7. The van der Waals surface area contributed by atoms with Crippen molar-refractivity contribution < 1.29 is 27.5 Å². The molecule has 0 aliphatic heterocycles. The minimum Gasteiger partial charge on any atom is -0.382 e. The van der Waals surface area contributed by atoms with Gasteiger partial charge in [-0.05, 0) is 13.8 Å². The van der Waals surface area contributed by atoms with Crippen molar-refractivity contribution in [3.63, 3.8) is 0 Å². The highest BCUT2D eigenvalue weighted by Gasteiger charge is 2.50. The molecule has 0 saturated carbocycles. The van der Waals surface area contributed by atoms with E-state index in [2.05, 4.69) is 0 Å². The molecule has 0 aromatic rings. The highest BCUT2D eigenvalue weighted by Crippen LogP contribution is 2.20. The second-order valence-corrected chi connectivity index (χ2v) is 8.43. The van der Waals surface area contributed by atoms with Crippen molar-refractivity contribution in [1.82, 2.24) is 4.90 Å². The predicted molar refractivity (Wildman–Crippen MR) is 94.7 cm³/mol. The third-order valence-electron chi connectivity index (χ3n) is 3.36. The summed E-state index contributed by atoms with van der Waals surface area (Å²) in [7, 11) is 3.75. The van der Waals surface area contributed by atoms with Crippen LogP contribution in [0.1, 0.15) is 13.8 Å². The summed E-state index contributed by atoms with van der Waals surface area (Å²) in [6, 6.07) is 0. The van der Waals surface area contributed by atoms with E-state index in [0.717, 1.165) is 4.99 Å². The summed E-state index contributed by atoms with van der Waals surface area (Å²) >= 11 is 5.28. The third kappa shape index (κ3) is 8.50. The van der Waals surface area contributed by atoms with E-state index in [-0.39, 0.29) is 5.67 Å². The number of nitrogens with zero attached hydrogens (tertiary/aromatic N) is 1. The molecule has 0 aromatic carbocycles. The molecule has 7 nitrogen and oxygen atoms in total. The average molecular weight is 370 g/mol. The van der Waals surface area contributed by atoms with Gasteiger partial charge in [-0.3, -0.25) is 0 Å². The number of methoxy groups -OCH3 is 3. The van der Waals surface area contributed by atoms with Gasteiger partial charge in [0.05, 0.1) is 50.3 Å². The molecule has 0 spiro atoms. The van der Waals surface area contributed by atoms with Gasteiger partial charge in [-0.15, -0.1) is 0 Å². The van der Waals surface area contributed by atoms with Crippen molar-refractivity contribution in [2.75, 3.05) is 68.0 Å². The van der Waals surface area contributed by atoms with Gasteiger partial charge in [0.1, 0.15) is 0 Å². The first-order valence-corrected chi connectivity index (χ1v) is 9.78. The number of hydrogen-bond donors (Lipinski definition) is 0. The van der Waals surface area contributed by atoms with Gasteiger partial charge in [0.25, 0.3) is 0 Å². The Morgan fingerprint density at radius 1 is 0.870 bits per heavy atom. The second-order valence-electron chi connectivity index (χ2n) is 4.93. The lowest BCUT2D eigenvalue weighted by Gasteiger charge is -2.39. The fourth-order valence-electron chi connectivity index (χ4n) is 1.80. The van der Waals surface area contributed by atoms with Crippen LogP contribution in [-0.2, 0) is 27.5 Å². The van der Waals surface area contributed by atoms with Gasteiger partial charge in [-0.25, -0.2) is 0 Å². The smallest absolute Gasteiger partial charge is 0.382 e. The van der Waals surface area contributed by atoms with Crippen molar-refractivity contribution in [3.8, 4) is 0 Å². The molecule has 0 heterocycles. The Kier molecular flexibility index (Phi) is 13.1. The van der Waals surface area contributed by atoms with Crippen LogP contribution in [0, 0.1) is 0 Å².